The van der Waals surface area contributed by atoms with Crippen molar-refractivity contribution >= 4 is 40.4 Å². The van der Waals surface area contributed by atoms with Crippen molar-refractivity contribution in [3.8, 4) is 0 Å². The highest BCUT2D eigenvalue weighted by Gasteiger charge is 2.16. The summed E-state index contributed by atoms with van der Waals surface area (Å²) in [6, 6.07) is 14.2. The Morgan fingerprint density at radius 2 is 1.89 bits per heavy atom. The van der Waals surface area contributed by atoms with E-state index in [4.69, 9.17) is 11.6 Å². The second kappa shape index (κ2) is 8.33. The summed E-state index contributed by atoms with van der Waals surface area (Å²) in [4.78, 5) is 27.0. The lowest BCUT2D eigenvalue weighted by molar-refractivity contribution is 0.0784. The minimum Gasteiger partial charge on any atom is -0.337 e. The Morgan fingerprint density at radius 1 is 1.15 bits per heavy atom. The van der Waals surface area contributed by atoms with Gasteiger partial charge >= 0.3 is 0 Å². The van der Waals surface area contributed by atoms with Crippen LogP contribution in [0.4, 0.5) is 10.1 Å². The predicted octanol–water partition coefficient (Wildman–Crippen LogP) is 5.07. The summed E-state index contributed by atoms with van der Waals surface area (Å²) in [7, 11) is 1.66. The van der Waals surface area contributed by atoms with E-state index in [9.17, 15) is 14.0 Å². The Kier molecular flexibility index (Phi) is 5.88. The standard InChI is InChI=1S/C20H16ClFN2O2S/c1-24(12-13-4-7-15(22)8-5-13)20(26)14-6-9-16(21)17(11-14)23-19(25)18-3-2-10-27-18/h2-11H,12H2,1H3,(H,23,25). The van der Waals surface area contributed by atoms with E-state index in [0.29, 0.717) is 27.7 Å². The first kappa shape index (κ1) is 19.1. The topological polar surface area (TPSA) is 49.4 Å². The first-order chi connectivity index (χ1) is 12.9. The summed E-state index contributed by atoms with van der Waals surface area (Å²) in [6.45, 7) is 0.332. The average Bonchev–Trinajstić information content (AvgIpc) is 3.19. The van der Waals surface area contributed by atoms with E-state index in [-0.39, 0.29) is 17.6 Å². The SMILES string of the molecule is CN(Cc1ccc(F)cc1)C(=O)c1ccc(Cl)c(NC(=O)c2cccs2)c1. The minimum absolute atomic E-state index is 0.234. The van der Waals surface area contributed by atoms with E-state index in [1.807, 2.05) is 0 Å². The first-order valence-corrected chi connectivity index (χ1v) is 9.34. The second-order valence-electron chi connectivity index (χ2n) is 5.91. The summed E-state index contributed by atoms with van der Waals surface area (Å²) in [5, 5.41) is 4.88. The van der Waals surface area contributed by atoms with Crippen molar-refractivity contribution in [1.82, 2.24) is 4.90 Å². The Balaban J connectivity index is 1.74. The molecule has 138 valence electrons. The van der Waals surface area contributed by atoms with Gasteiger partial charge in [0.1, 0.15) is 5.82 Å². The van der Waals surface area contributed by atoms with Gasteiger partial charge < -0.3 is 10.2 Å². The molecule has 0 aliphatic heterocycles. The Hall–Kier alpha value is -2.70. The van der Waals surface area contributed by atoms with Crippen LogP contribution in [0.1, 0.15) is 25.6 Å². The quantitative estimate of drug-likeness (QED) is 0.648. The number of nitrogens with one attached hydrogen (secondary N) is 1. The third-order valence-electron chi connectivity index (χ3n) is 3.89. The molecular weight excluding hydrogens is 387 g/mol. The molecule has 3 rings (SSSR count). The molecule has 2 amide bonds. The van der Waals surface area contributed by atoms with Crippen molar-refractivity contribution in [3.63, 3.8) is 0 Å². The van der Waals surface area contributed by atoms with Gasteiger partial charge in [-0.15, -0.1) is 11.3 Å². The van der Waals surface area contributed by atoms with Crippen LogP contribution >= 0.6 is 22.9 Å². The number of anilines is 1. The monoisotopic (exact) mass is 402 g/mol. The summed E-state index contributed by atoms with van der Waals surface area (Å²) >= 11 is 7.48. The molecule has 0 atom stereocenters. The van der Waals surface area contributed by atoms with Gasteiger partial charge in [-0.1, -0.05) is 29.8 Å². The molecule has 0 aliphatic rings. The first-order valence-electron chi connectivity index (χ1n) is 8.08. The molecule has 0 fully saturated rings. The highest BCUT2D eigenvalue weighted by molar-refractivity contribution is 7.12. The maximum atomic E-state index is 13.0. The Labute approximate surface area is 165 Å². The molecule has 3 aromatic rings. The average molecular weight is 403 g/mol. The van der Waals surface area contributed by atoms with Crippen molar-refractivity contribution in [2.45, 2.75) is 6.54 Å². The molecule has 0 unspecified atom stereocenters. The molecule has 1 aromatic heterocycles. The van der Waals surface area contributed by atoms with Gasteiger partial charge in [-0.2, -0.15) is 0 Å². The van der Waals surface area contributed by atoms with Crippen LogP contribution in [0.15, 0.2) is 60.0 Å². The maximum absolute atomic E-state index is 13.0. The third-order valence-corrected chi connectivity index (χ3v) is 5.08. The van der Waals surface area contributed by atoms with E-state index >= 15 is 0 Å². The fourth-order valence-electron chi connectivity index (χ4n) is 2.50. The summed E-state index contributed by atoms with van der Waals surface area (Å²) < 4.78 is 13.0. The third kappa shape index (κ3) is 4.72. The van der Waals surface area contributed by atoms with Crippen molar-refractivity contribution < 1.29 is 14.0 Å². The summed E-state index contributed by atoms with van der Waals surface area (Å²) in [5.41, 5.74) is 1.58. The zero-order valence-electron chi connectivity index (χ0n) is 14.4. The number of thiophene rings is 1. The number of carbonyl (C=O) groups excluding carboxylic acids is 2. The van der Waals surface area contributed by atoms with Gasteiger partial charge in [-0.05, 0) is 47.3 Å². The predicted molar refractivity (Wildman–Crippen MR) is 106 cm³/mol. The molecule has 0 aliphatic carbocycles. The lowest BCUT2D eigenvalue weighted by Crippen LogP contribution is -2.26. The van der Waals surface area contributed by atoms with Crippen LogP contribution in [-0.4, -0.2) is 23.8 Å². The summed E-state index contributed by atoms with van der Waals surface area (Å²) in [5.74, 6) is -0.838. The molecular formula is C20H16ClFN2O2S. The number of rotatable bonds is 5. The second-order valence-corrected chi connectivity index (χ2v) is 7.27. The lowest BCUT2D eigenvalue weighted by atomic mass is 10.1. The van der Waals surface area contributed by atoms with E-state index in [2.05, 4.69) is 5.32 Å². The molecule has 1 N–H and O–H groups in total. The number of carbonyl (C=O) groups is 2. The number of benzene rings is 2. The summed E-state index contributed by atoms with van der Waals surface area (Å²) in [6.07, 6.45) is 0. The van der Waals surface area contributed by atoms with Crippen molar-refractivity contribution in [2.75, 3.05) is 12.4 Å². The van der Waals surface area contributed by atoms with Crippen molar-refractivity contribution in [1.29, 1.82) is 0 Å². The van der Waals surface area contributed by atoms with Gasteiger partial charge in [0.15, 0.2) is 0 Å². The van der Waals surface area contributed by atoms with Crippen LogP contribution in [0.5, 0.6) is 0 Å². The maximum Gasteiger partial charge on any atom is 0.265 e. The number of amides is 2. The fraction of sp³-hybridized carbons (Fsp3) is 0.100. The molecule has 0 saturated heterocycles. The van der Waals surface area contributed by atoms with Crippen LogP contribution in [-0.2, 0) is 6.54 Å². The van der Waals surface area contributed by atoms with Gasteiger partial charge in [0.25, 0.3) is 11.8 Å². The van der Waals surface area contributed by atoms with Gasteiger partial charge in [-0.25, -0.2) is 4.39 Å². The minimum atomic E-state index is -0.323. The molecule has 27 heavy (non-hydrogen) atoms. The Morgan fingerprint density at radius 3 is 2.56 bits per heavy atom. The number of hydrogen-bond acceptors (Lipinski definition) is 3. The largest absolute Gasteiger partial charge is 0.337 e. The van der Waals surface area contributed by atoms with Gasteiger partial charge in [0.05, 0.1) is 15.6 Å². The van der Waals surface area contributed by atoms with Gasteiger partial charge in [-0.3, -0.25) is 9.59 Å². The van der Waals surface area contributed by atoms with Crippen molar-refractivity contribution in [2.24, 2.45) is 0 Å². The van der Waals surface area contributed by atoms with Crippen LogP contribution in [0.2, 0.25) is 5.02 Å². The van der Waals surface area contributed by atoms with E-state index in [1.54, 1.807) is 54.9 Å². The van der Waals surface area contributed by atoms with Crippen LogP contribution in [0, 0.1) is 5.82 Å². The van der Waals surface area contributed by atoms with Crippen LogP contribution in [0.25, 0.3) is 0 Å². The molecule has 2 aromatic carbocycles. The molecule has 7 heteroatoms. The smallest absolute Gasteiger partial charge is 0.265 e. The molecule has 0 radical (unpaired) electrons. The zero-order chi connectivity index (χ0) is 19.4. The number of nitrogens with zero attached hydrogens (tertiary/aromatic N) is 1. The van der Waals surface area contributed by atoms with Crippen LogP contribution in [0.3, 0.4) is 0 Å². The molecule has 1 heterocycles. The van der Waals surface area contributed by atoms with E-state index < -0.39 is 0 Å². The molecule has 4 nitrogen and oxygen atoms in total. The molecule has 0 spiro atoms. The number of halogens is 2. The van der Waals surface area contributed by atoms with E-state index in [0.717, 1.165) is 5.56 Å². The zero-order valence-corrected chi connectivity index (χ0v) is 16.0. The highest BCUT2D eigenvalue weighted by Crippen LogP contribution is 2.25. The lowest BCUT2D eigenvalue weighted by Gasteiger charge is -2.18. The van der Waals surface area contributed by atoms with Gasteiger partial charge in [0, 0.05) is 19.2 Å². The van der Waals surface area contributed by atoms with Gasteiger partial charge in [0.2, 0.25) is 0 Å². The molecule has 0 bridgehead atoms. The van der Waals surface area contributed by atoms with Crippen molar-refractivity contribution in [3.05, 3.63) is 86.8 Å². The highest BCUT2D eigenvalue weighted by atomic mass is 35.5. The fourth-order valence-corrected chi connectivity index (χ4v) is 3.29. The van der Waals surface area contributed by atoms with E-state index in [1.165, 1.54) is 28.4 Å². The van der Waals surface area contributed by atoms with Crippen LogP contribution < -0.4 is 5.32 Å². The number of hydrogen-bond donors (Lipinski definition) is 1. The normalized spacial score (nSPS) is 10.5. The molecule has 0 saturated carbocycles. The Bertz CT molecular complexity index is 959.